The van der Waals surface area contributed by atoms with Crippen molar-refractivity contribution in [2.24, 2.45) is 11.8 Å². The van der Waals surface area contributed by atoms with Crippen molar-refractivity contribution in [3.63, 3.8) is 0 Å². The zero-order chi connectivity index (χ0) is 17.5. The Balaban J connectivity index is 1.97. The van der Waals surface area contributed by atoms with Crippen molar-refractivity contribution < 1.29 is 0 Å². The minimum absolute atomic E-state index is 0.530. The molecule has 0 aliphatic rings. The smallest absolute Gasteiger partial charge is 0.00723 e. The first kappa shape index (κ1) is 19.2. The second-order valence-electron chi connectivity index (χ2n) is 6.67. The Morgan fingerprint density at radius 3 is 1.50 bits per heavy atom. The predicted octanol–water partition coefficient (Wildman–Crippen LogP) is 7.02. The summed E-state index contributed by atoms with van der Waals surface area (Å²) >= 11 is 3.89. The molecule has 0 aliphatic carbocycles. The summed E-state index contributed by atoms with van der Waals surface area (Å²) in [5, 5.41) is 0. The molecular weight excluding hydrogens is 328 g/mol. The van der Waals surface area contributed by atoms with Gasteiger partial charge in [0.15, 0.2) is 0 Å². The molecule has 2 aromatic carbocycles. The highest BCUT2D eigenvalue weighted by molar-refractivity contribution is 8.00. The third-order valence-electron chi connectivity index (χ3n) is 4.21. The van der Waals surface area contributed by atoms with Crippen LogP contribution in [0.25, 0.3) is 0 Å². The van der Waals surface area contributed by atoms with Crippen LogP contribution >= 0.6 is 23.5 Å². The molecule has 0 saturated carbocycles. The van der Waals surface area contributed by atoms with Crippen LogP contribution in [0.3, 0.4) is 0 Å². The van der Waals surface area contributed by atoms with Crippen LogP contribution in [0.1, 0.15) is 25.0 Å². The highest BCUT2D eigenvalue weighted by Crippen LogP contribution is 2.31. The third kappa shape index (κ3) is 6.07. The van der Waals surface area contributed by atoms with Crippen LogP contribution < -0.4 is 0 Å². The van der Waals surface area contributed by atoms with Gasteiger partial charge in [0.05, 0.1) is 0 Å². The zero-order valence-corrected chi connectivity index (χ0v) is 16.8. The molecule has 0 fully saturated rings. The van der Waals surface area contributed by atoms with E-state index in [0.717, 1.165) is 11.5 Å². The molecule has 0 atom stereocenters. The van der Waals surface area contributed by atoms with E-state index in [-0.39, 0.29) is 0 Å². The summed E-state index contributed by atoms with van der Waals surface area (Å²) in [5.41, 5.74) is 4.00. The topological polar surface area (TPSA) is 0 Å². The van der Waals surface area contributed by atoms with Crippen molar-refractivity contribution in [3.8, 4) is 0 Å². The van der Waals surface area contributed by atoms with Gasteiger partial charge in [-0.25, -0.2) is 0 Å². The van der Waals surface area contributed by atoms with Crippen LogP contribution in [0.4, 0.5) is 0 Å². The van der Waals surface area contributed by atoms with Gasteiger partial charge in [-0.05, 0) is 49.9 Å². The quantitative estimate of drug-likeness (QED) is 0.368. The molecule has 128 valence electrons. The Morgan fingerprint density at radius 2 is 1.17 bits per heavy atom. The molecule has 0 radical (unpaired) electrons. The summed E-state index contributed by atoms with van der Waals surface area (Å²) < 4.78 is 0. The first-order valence-corrected chi connectivity index (χ1v) is 10.5. The van der Waals surface area contributed by atoms with Gasteiger partial charge in [0.25, 0.3) is 0 Å². The zero-order valence-electron chi connectivity index (χ0n) is 15.2. The van der Waals surface area contributed by atoms with Crippen molar-refractivity contribution in [1.29, 1.82) is 0 Å². The molecule has 0 aromatic heterocycles. The van der Waals surface area contributed by atoms with Crippen LogP contribution in [0.2, 0.25) is 0 Å². The second kappa shape index (κ2) is 9.39. The maximum Gasteiger partial charge on any atom is 0.00723 e. The van der Waals surface area contributed by atoms with Crippen LogP contribution in [-0.4, -0.2) is 11.5 Å². The van der Waals surface area contributed by atoms with Gasteiger partial charge in [-0.15, -0.1) is 23.5 Å². The number of rotatable bonds is 8. The lowest BCUT2D eigenvalue weighted by molar-refractivity contribution is 0.642. The molecule has 0 nitrogen and oxygen atoms in total. The number of hydrogen-bond donors (Lipinski definition) is 0. The SMILES string of the molecule is C=C(C(C)C)C(CSc1ccc(C)cc1)CSc1ccc(C)cc1. The largest absolute Gasteiger partial charge is 0.126 e. The van der Waals surface area contributed by atoms with E-state index in [0.29, 0.717) is 11.8 Å². The molecule has 2 heteroatoms. The standard InChI is InChI=1S/C22H28S2/c1-16(2)19(5)20(14-23-21-10-6-17(3)7-11-21)15-24-22-12-8-18(4)9-13-22/h6-13,16,20H,5,14-15H2,1-4H3. The van der Waals surface area contributed by atoms with Crippen molar-refractivity contribution in [2.45, 2.75) is 37.5 Å². The fourth-order valence-electron chi connectivity index (χ4n) is 2.40. The van der Waals surface area contributed by atoms with E-state index in [9.17, 15) is 0 Å². The average molecular weight is 357 g/mol. The second-order valence-corrected chi connectivity index (χ2v) is 8.86. The van der Waals surface area contributed by atoms with Crippen molar-refractivity contribution in [1.82, 2.24) is 0 Å². The van der Waals surface area contributed by atoms with E-state index in [2.05, 4.69) is 82.8 Å². The van der Waals surface area contributed by atoms with Gasteiger partial charge in [0.1, 0.15) is 0 Å². The van der Waals surface area contributed by atoms with Gasteiger partial charge < -0.3 is 0 Å². The van der Waals surface area contributed by atoms with Crippen LogP contribution in [0.15, 0.2) is 70.5 Å². The Morgan fingerprint density at radius 1 is 0.792 bits per heavy atom. The maximum absolute atomic E-state index is 4.38. The molecule has 0 saturated heterocycles. The summed E-state index contributed by atoms with van der Waals surface area (Å²) in [7, 11) is 0. The Hall–Kier alpha value is -1.12. The molecular formula is C22H28S2. The number of thioether (sulfide) groups is 2. The molecule has 0 unspecified atom stereocenters. The normalized spacial score (nSPS) is 11.2. The van der Waals surface area contributed by atoms with E-state index in [4.69, 9.17) is 0 Å². The van der Waals surface area contributed by atoms with Crippen molar-refractivity contribution in [3.05, 3.63) is 71.8 Å². The lowest BCUT2D eigenvalue weighted by Gasteiger charge is -2.22. The van der Waals surface area contributed by atoms with Crippen LogP contribution in [0.5, 0.6) is 0 Å². The van der Waals surface area contributed by atoms with Crippen molar-refractivity contribution in [2.75, 3.05) is 11.5 Å². The van der Waals surface area contributed by atoms with Crippen LogP contribution in [0, 0.1) is 25.7 Å². The summed E-state index contributed by atoms with van der Waals surface area (Å²) in [6.45, 7) is 13.2. The molecule has 0 spiro atoms. The Bertz CT molecular complexity index is 589. The Kier molecular flexibility index (Phi) is 7.51. The maximum atomic E-state index is 4.38. The minimum atomic E-state index is 0.530. The monoisotopic (exact) mass is 356 g/mol. The summed E-state index contributed by atoms with van der Waals surface area (Å²) in [6, 6.07) is 17.7. The number of aryl methyl sites for hydroxylation is 2. The molecule has 0 heterocycles. The first-order valence-electron chi connectivity index (χ1n) is 8.53. The van der Waals surface area contributed by atoms with E-state index >= 15 is 0 Å². The van der Waals surface area contributed by atoms with E-state index in [1.54, 1.807) is 0 Å². The van der Waals surface area contributed by atoms with Gasteiger partial charge in [-0.2, -0.15) is 0 Å². The first-order chi connectivity index (χ1) is 11.5. The molecule has 2 rings (SSSR count). The molecule has 0 amide bonds. The Labute approximate surface area is 156 Å². The van der Waals surface area contributed by atoms with Gasteiger partial charge >= 0.3 is 0 Å². The number of allylic oxidation sites excluding steroid dienone is 1. The summed E-state index contributed by atoms with van der Waals surface area (Å²) in [6.07, 6.45) is 0. The highest BCUT2D eigenvalue weighted by atomic mass is 32.2. The van der Waals surface area contributed by atoms with Crippen LogP contribution in [-0.2, 0) is 0 Å². The minimum Gasteiger partial charge on any atom is -0.126 e. The van der Waals surface area contributed by atoms with E-state index in [1.165, 1.54) is 26.5 Å². The van der Waals surface area contributed by atoms with Crippen molar-refractivity contribution >= 4 is 23.5 Å². The molecule has 24 heavy (non-hydrogen) atoms. The fraction of sp³-hybridized carbons (Fsp3) is 0.364. The lowest BCUT2D eigenvalue weighted by Crippen LogP contribution is -2.14. The van der Waals surface area contributed by atoms with E-state index in [1.807, 2.05) is 23.5 Å². The molecule has 0 N–H and O–H groups in total. The number of hydrogen-bond acceptors (Lipinski definition) is 2. The predicted molar refractivity (Wildman–Crippen MR) is 111 cm³/mol. The van der Waals surface area contributed by atoms with Gasteiger partial charge in [-0.3, -0.25) is 0 Å². The lowest BCUT2D eigenvalue weighted by atomic mass is 9.94. The number of benzene rings is 2. The van der Waals surface area contributed by atoms with Gasteiger partial charge in [0, 0.05) is 21.3 Å². The highest BCUT2D eigenvalue weighted by Gasteiger charge is 2.16. The molecule has 2 aromatic rings. The average Bonchev–Trinajstić information content (AvgIpc) is 2.57. The van der Waals surface area contributed by atoms with E-state index < -0.39 is 0 Å². The summed E-state index contributed by atoms with van der Waals surface area (Å²) in [4.78, 5) is 2.70. The molecule has 0 bridgehead atoms. The fourth-order valence-corrected chi connectivity index (χ4v) is 4.65. The van der Waals surface area contributed by atoms with Gasteiger partial charge in [-0.1, -0.05) is 61.4 Å². The molecule has 0 aliphatic heterocycles. The summed E-state index contributed by atoms with van der Waals surface area (Å²) in [5.74, 6) is 3.26. The van der Waals surface area contributed by atoms with Gasteiger partial charge in [0.2, 0.25) is 0 Å². The third-order valence-corrected chi connectivity index (χ3v) is 6.56.